The molecule has 0 aliphatic carbocycles. The van der Waals surface area contributed by atoms with Crippen molar-refractivity contribution in [2.45, 2.75) is 26.7 Å². The number of nitrogens with one attached hydrogen (secondary N) is 1. The smallest absolute Gasteiger partial charge is 0.253 e. The van der Waals surface area contributed by atoms with Crippen molar-refractivity contribution in [1.29, 1.82) is 0 Å². The quantitative estimate of drug-likeness (QED) is 0.510. The van der Waals surface area contributed by atoms with Crippen LogP contribution in [-0.2, 0) is 18.3 Å². The molecule has 1 fully saturated rings. The molecular weight excluding hydrogens is 426 g/mol. The molecule has 1 saturated heterocycles. The molecule has 1 aliphatic heterocycles. The number of fused-ring (bicyclic) bond motifs is 2. The summed E-state index contributed by atoms with van der Waals surface area (Å²) in [5, 5.41) is 6.32. The van der Waals surface area contributed by atoms with Crippen molar-refractivity contribution in [1.82, 2.24) is 29.6 Å². The summed E-state index contributed by atoms with van der Waals surface area (Å²) in [5.41, 5.74) is 3.96. The van der Waals surface area contributed by atoms with Gasteiger partial charge in [-0.25, -0.2) is 9.97 Å². The number of thiazole rings is 1. The zero-order valence-electron chi connectivity index (χ0n) is 18.4. The van der Waals surface area contributed by atoms with E-state index in [1.807, 2.05) is 37.9 Å². The van der Waals surface area contributed by atoms with Crippen molar-refractivity contribution in [3.8, 4) is 0 Å². The monoisotopic (exact) mass is 451 g/mol. The lowest BCUT2D eigenvalue weighted by atomic mass is 10.0. The van der Waals surface area contributed by atoms with Crippen LogP contribution in [0.4, 0.5) is 5.13 Å². The van der Waals surface area contributed by atoms with Gasteiger partial charge in [0.2, 0.25) is 5.91 Å². The average molecular weight is 452 g/mol. The third-order valence-electron chi connectivity index (χ3n) is 6.20. The zero-order chi connectivity index (χ0) is 22.4. The third-order valence-corrected chi connectivity index (χ3v) is 7.24. The van der Waals surface area contributed by atoms with Gasteiger partial charge in [-0.05, 0) is 38.0 Å². The first-order valence-corrected chi connectivity index (χ1v) is 11.5. The summed E-state index contributed by atoms with van der Waals surface area (Å²) in [6.07, 6.45) is 2.52. The molecule has 0 bridgehead atoms. The number of aromatic amines is 1. The molecule has 1 amide bonds. The van der Waals surface area contributed by atoms with Crippen LogP contribution in [0.2, 0.25) is 0 Å². The first kappa shape index (κ1) is 20.6. The minimum absolute atomic E-state index is 0.0809. The van der Waals surface area contributed by atoms with E-state index in [2.05, 4.69) is 25.0 Å². The number of aromatic nitrogens is 5. The van der Waals surface area contributed by atoms with Gasteiger partial charge in [0.25, 0.3) is 5.56 Å². The number of amides is 1. The molecule has 4 aromatic heterocycles. The molecule has 0 atom stereocenters. The number of piperazine rings is 1. The number of nitrogens with zero attached hydrogens (tertiary/aromatic N) is 6. The molecule has 1 N–H and O–H groups in total. The van der Waals surface area contributed by atoms with Gasteiger partial charge in [0.05, 0.1) is 5.69 Å². The van der Waals surface area contributed by atoms with E-state index in [0.717, 1.165) is 50.9 Å². The molecule has 10 heteroatoms. The molecule has 5 rings (SSSR count). The minimum atomic E-state index is -0.139. The summed E-state index contributed by atoms with van der Waals surface area (Å²) >= 11 is 1.58. The molecule has 0 saturated carbocycles. The highest BCUT2D eigenvalue weighted by Gasteiger charge is 2.24. The van der Waals surface area contributed by atoms with E-state index in [1.165, 1.54) is 0 Å². The largest absolute Gasteiger partial charge is 0.344 e. The zero-order valence-corrected chi connectivity index (χ0v) is 19.2. The molecule has 1 aliphatic rings. The van der Waals surface area contributed by atoms with E-state index in [1.54, 1.807) is 22.2 Å². The minimum Gasteiger partial charge on any atom is -0.344 e. The molecule has 5 heterocycles. The Morgan fingerprint density at radius 1 is 1.22 bits per heavy atom. The Bertz CT molecular complexity index is 1350. The molecule has 0 aromatic carbocycles. The Morgan fingerprint density at radius 3 is 2.75 bits per heavy atom. The third kappa shape index (κ3) is 3.54. The number of H-pyrrole nitrogens is 1. The van der Waals surface area contributed by atoms with Crippen molar-refractivity contribution >= 4 is 43.8 Å². The Morgan fingerprint density at radius 2 is 2.00 bits per heavy atom. The maximum absolute atomic E-state index is 12.9. The summed E-state index contributed by atoms with van der Waals surface area (Å²) < 4.78 is 1.69. The topological polar surface area (TPSA) is 100 Å². The van der Waals surface area contributed by atoms with E-state index in [9.17, 15) is 9.59 Å². The predicted molar refractivity (Wildman–Crippen MR) is 125 cm³/mol. The van der Waals surface area contributed by atoms with Crippen LogP contribution >= 0.6 is 11.3 Å². The Kier molecular flexibility index (Phi) is 5.16. The van der Waals surface area contributed by atoms with Crippen LogP contribution < -0.4 is 10.5 Å². The second kappa shape index (κ2) is 8.01. The van der Waals surface area contributed by atoms with Gasteiger partial charge in [0.15, 0.2) is 5.13 Å². The first-order valence-electron chi connectivity index (χ1n) is 10.7. The van der Waals surface area contributed by atoms with Crippen molar-refractivity contribution in [3.63, 3.8) is 0 Å². The van der Waals surface area contributed by atoms with Gasteiger partial charge >= 0.3 is 0 Å². The van der Waals surface area contributed by atoms with Crippen LogP contribution in [0.3, 0.4) is 0 Å². The predicted octanol–water partition coefficient (Wildman–Crippen LogP) is 2.16. The second-order valence-corrected chi connectivity index (χ2v) is 9.14. The summed E-state index contributed by atoms with van der Waals surface area (Å²) in [5.74, 6) is 0.0809. The molecule has 166 valence electrons. The van der Waals surface area contributed by atoms with Crippen molar-refractivity contribution in [2.75, 3.05) is 31.1 Å². The van der Waals surface area contributed by atoms with Gasteiger partial charge in [-0.2, -0.15) is 5.10 Å². The highest BCUT2D eigenvalue weighted by atomic mass is 32.1. The van der Waals surface area contributed by atoms with Crippen molar-refractivity contribution in [3.05, 3.63) is 45.5 Å². The highest BCUT2D eigenvalue weighted by Crippen LogP contribution is 2.28. The first-order chi connectivity index (χ1) is 15.4. The lowest BCUT2D eigenvalue weighted by molar-refractivity contribution is -0.131. The maximum Gasteiger partial charge on any atom is 0.253 e. The summed E-state index contributed by atoms with van der Waals surface area (Å²) in [7, 11) is 1.82. The number of rotatable bonds is 4. The molecule has 0 spiro atoms. The molecule has 32 heavy (non-hydrogen) atoms. The van der Waals surface area contributed by atoms with Crippen LogP contribution in [0.5, 0.6) is 0 Å². The van der Waals surface area contributed by atoms with Crippen LogP contribution in [0.25, 0.3) is 21.4 Å². The highest BCUT2D eigenvalue weighted by molar-refractivity contribution is 7.21. The number of hydrogen-bond donors (Lipinski definition) is 1. The van der Waals surface area contributed by atoms with Gasteiger partial charge in [0.1, 0.15) is 16.0 Å². The Labute approximate surface area is 188 Å². The summed E-state index contributed by atoms with van der Waals surface area (Å²) in [6, 6.07) is 3.86. The Hall–Kier alpha value is -3.27. The Balaban J connectivity index is 1.24. The van der Waals surface area contributed by atoms with Gasteiger partial charge < -0.3 is 14.8 Å². The number of anilines is 1. The normalized spacial score (nSPS) is 14.6. The van der Waals surface area contributed by atoms with Gasteiger partial charge in [-0.1, -0.05) is 11.3 Å². The fraction of sp³-hybridized carbons (Fsp3) is 0.409. The van der Waals surface area contributed by atoms with Crippen LogP contribution in [0.1, 0.15) is 23.2 Å². The van der Waals surface area contributed by atoms with E-state index in [-0.39, 0.29) is 11.5 Å². The molecule has 4 aromatic rings. The van der Waals surface area contributed by atoms with Crippen LogP contribution in [0, 0.1) is 13.8 Å². The van der Waals surface area contributed by atoms with Gasteiger partial charge in [0, 0.05) is 56.8 Å². The molecule has 9 nitrogen and oxygen atoms in total. The number of hydrogen-bond acceptors (Lipinski definition) is 7. The number of carbonyl (C=O) groups is 1. The van der Waals surface area contributed by atoms with E-state index < -0.39 is 0 Å². The van der Waals surface area contributed by atoms with E-state index >= 15 is 0 Å². The number of carbonyl (C=O) groups excluding carboxylic acids is 1. The number of aryl methyl sites for hydroxylation is 3. The van der Waals surface area contributed by atoms with Crippen molar-refractivity contribution < 1.29 is 4.79 Å². The fourth-order valence-electron chi connectivity index (χ4n) is 4.49. The maximum atomic E-state index is 12.9. The second-order valence-electron chi connectivity index (χ2n) is 8.18. The number of pyridine rings is 2. The molecule has 0 radical (unpaired) electrons. The SMILES string of the molecule is Cc1nn(C)c2[nH]c(=O)c(CCC(=O)N3CCN(c4nc5cccnc5s4)CC3)c(C)c12. The van der Waals surface area contributed by atoms with Crippen molar-refractivity contribution in [2.24, 2.45) is 7.05 Å². The lowest BCUT2D eigenvalue weighted by Crippen LogP contribution is -2.48. The van der Waals surface area contributed by atoms with E-state index in [4.69, 9.17) is 0 Å². The fourth-order valence-corrected chi connectivity index (χ4v) is 5.45. The average Bonchev–Trinajstić information content (AvgIpc) is 3.34. The van der Waals surface area contributed by atoms with Gasteiger partial charge in [-0.15, -0.1) is 0 Å². The summed E-state index contributed by atoms with van der Waals surface area (Å²) in [4.78, 5) is 42.5. The molecular formula is C22H25N7O2S. The van der Waals surface area contributed by atoms with Crippen LogP contribution in [0.15, 0.2) is 23.1 Å². The van der Waals surface area contributed by atoms with Gasteiger partial charge in [-0.3, -0.25) is 14.3 Å². The standard InChI is InChI=1S/C22H25N7O2S/c1-13-15(20(31)25-19-18(13)14(2)26-27(19)3)6-7-17(30)28-9-11-29(12-10-28)22-24-16-5-4-8-23-21(16)32-22/h4-5,8H,6-7,9-12H2,1-3H3,(H,25,31). The van der Waals surface area contributed by atoms with E-state index in [0.29, 0.717) is 31.5 Å². The molecule has 0 unspecified atom stereocenters. The van der Waals surface area contributed by atoms with Crippen LogP contribution in [-0.4, -0.2) is 61.7 Å². The summed E-state index contributed by atoms with van der Waals surface area (Å²) in [6.45, 7) is 6.66. The lowest BCUT2D eigenvalue weighted by Gasteiger charge is -2.34.